The number of benzene rings is 1. The van der Waals surface area contributed by atoms with E-state index in [1.54, 1.807) is 0 Å². The van der Waals surface area contributed by atoms with Crippen LogP contribution in [0.25, 0.3) is 0 Å². The molecule has 1 aliphatic carbocycles. The lowest BCUT2D eigenvalue weighted by Crippen LogP contribution is -2.31. The number of fused-ring (bicyclic) bond motifs is 1. The molecule has 1 unspecified atom stereocenters. The summed E-state index contributed by atoms with van der Waals surface area (Å²) in [4.78, 5) is 0. The predicted molar refractivity (Wildman–Crippen MR) is 62.9 cm³/mol. The van der Waals surface area contributed by atoms with Gasteiger partial charge in [-0.2, -0.15) is 0 Å². The van der Waals surface area contributed by atoms with Gasteiger partial charge in [-0.05, 0) is 42.4 Å². The number of hydrogen-bond acceptors (Lipinski definition) is 1. The molecule has 1 nitrogen and oxygen atoms in total. The minimum Gasteiger partial charge on any atom is -0.390 e. The van der Waals surface area contributed by atoms with Gasteiger partial charge in [-0.1, -0.05) is 32.0 Å². The van der Waals surface area contributed by atoms with Crippen LogP contribution in [0.15, 0.2) is 18.2 Å². The molecule has 0 aromatic heterocycles. The molecule has 0 fully saturated rings. The van der Waals surface area contributed by atoms with Gasteiger partial charge < -0.3 is 5.11 Å². The van der Waals surface area contributed by atoms with E-state index in [9.17, 15) is 5.11 Å². The normalized spacial score (nSPS) is 25.4. The fourth-order valence-electron chi connectivity index (χ4n) is 2.14. The van der Waals surface area contributed by atoms with Crippen molar-refractivity contribution in [2.45, 2.75) is 45.1 Å². The van der Waals surface area contributed by atoms with Crippen molar-refractivity contribution >= 4 is 0 Å². The van der Waals surface area contributed by atoms with Crippen LogP contribution in [-0.2, 0) is 6.42 Å². The average Bonchev–Trinajstić information content (AvgIpc) is 2.15. The molecule has 1 aromatic rings. The van der Waals surface area contributed by atoms with Crippen molar-refractivity contribution in [2.24, 2.45) is 0 Å². The molecule has 2 rings (SSSR count). The van der Waals surface area contributed by atoms with Gasteiger partial charge in [-0.25, -0.2) is 0 Å². The van der Waals surface area contributed by atoms with Gasteiger partial charge in [0, 0.05) is 6.42 Å². The molecule has 1 aromatic carbocycles. The molecule has 1 N–H and O–H groups in total. The Balaban J connectivity index is 2.32. The highest BCUT2D eigenvalue weighted by atomic mass is 16.3. The van der Waals surface area contributed by atoms with E-state index in [0.717, 1.165) is 12.8 Å². The molecule has 1 atom stereocenters. The molecule has 0 heterocycles. The van der Waals surface area contributed by atoms with E-state index in [4.69, 9.17) is 0 Å². The Bertz CT molecular complexity index is 364. The quantitative estimate of drug-likeness (QED) is 0.743. The molecule has 0 saturated carbocycles. The van der Waals surface area contributed by atoms with Gasteiger partial charge in [0.15, 0.2) is 0 Å². The Morgan fingerprint density at radius 3 is 2.73 bits per heavy atom. The number of aliphatic hydroxyl groups is 1. The fourth-order valence-corrected chi connectivity index (χ4v) is 2.14. The molecular weight excluding hydrogens is 184 g/mol. The lowest BCUT2D eigenvalue weighted by Gasteiger charge is -2.30. The van der Waals surface area contributed by atoms with Gasteiger partial charge in [0.25, 0.3) is 0 Å². The molecule has 0 saturated heterocycles. The standard InChI is InChI=1S/C14H19O/c1-10(2)11-4-5-13-9-14(3,15)7-6-12(13)8-11/h4-6,8,10,15H,7,9H2,1-3H3. The van der Waals surface area contributed by atoms with E-state index in [1.165, 1.54) is 16.7 Å². The Hall–Kier alpha value is -0.820. The molecule has 0 bridgehead atoms. The van der Waals surface area contributed by atoms with Crippen LogP contribution in [0.5, 0.6) is 0 Å². The zero-order chi connectivity index (χ0) is 11.1. The summed E-state index contributed by atoms with van der Waals surface area (Å²) in [6, 6.07) is 6.60. The fraction of sp³-hybridized carbons (Fsp3) is 0.500. The molecule has 1 aliphatic rings. The smallest absolute Gasteiger partial charge is 0.0666 e. The molecule has 0 amide bonds. The van der Waals surface area contributed by atoms with Crippen molar-refractivity contribution in [3.63, 3.8) is 0 Å². The van der Waals surface area contributed by atoms with Crippen LogP contribution < -0.4 is 0 Å². The Kier molecular flexibility index (Phi) is 2.59. The minimum absolute atomic E-state index is 0.549. The second-order valence-corrected chi connectivity index (χ2v) is 5.19. The number of hydrogen-bond donors (Lipinski definition) is 1. The summed E-state index contributed by atoms with van der Waals surface area (Å²) in [6.07, 6.45) is 3.70. The summed E-state index contributed by atoms with van der Waals surface area (Å²) < 4.78 is 0. The van der Waals surface area contributed by atoms with Crippen molar-refractivity contribution in [1.29, 1.82) is 0 Å². The van der Waals surface area contributed by atoms with E-state index in [1.807, 2.05) is 6.92 Å². The molecule has 1 radical (unpaired) electrons. The van der Waals surface area contributed by atoms with Gasteiger partial charge in [0.2, 0.25) is 0 Å². The Labute approximate surface area is 92.1 Å². The zero-order valence-corrected chi connectivity index (χ0v) is 9.75. The van der Waals surface area contributed by atoms with E-state index in [-0.39, 0.29) is 0 Å². The van der Waals surface area contributed by atoms with E-state index in [2.05, 4.69) is 38.5 Å². The third-order valence-electron chi connectivity index (χ3n) is 3.17. The van der Waals surface area contributed by atoms with Crippen molar-refractivity contribution in [2.75, 3.05) is 0 Å². The summed E-state index contributed by atoms with van der Waals surface area (Å²) in [6.45, 7) is 6.32. The molecule has 15 heavy (non-hydrogen) atoms. The number of rotatable bonds is 1. The van der Waals surface area contributed by atoms with Gasteiger partial charge in [-0.3, -0.25) is 0 Å². The molecule has 0 spiro atoms. The minimum atomic E-state index is -0.549. The first-order valence-electron chi connectivity index (χ1n) is 5.66. The summed E-state index contributed by atoms with van der Waals surface area (Å²) in [5.74, 6) is 0.575. The molecule has 1 heteroatoms. The first-order chi connectivity index (χ1) is 6.98. The summed E-state index contributed by atoms with van der Waals surface area (Å²) in [5, 5.41) is 9.97. The summed E-state index contributed by atoms with van der Waals surface area (Å²) in [5.41, 5.74) is 3.42. The average molecular weight is 203 g/mol. The lowest BCUT2D eigenvalue weighted by atomic mass is 9.80. The predicted octanol–water partition coefficient (Wildman–Crippen LogP) is 3.06. The van der Waals surface area contributed by atoms with Crippen LogP contribution >= 0.6 is 0 Å². The van der Waals surface area contributed by atoms with Gasteiger partial charge in [0.1, 0.15) is 0 Å². The van der Waals surface area contributed by atoms with Crippen molar-refractivity contribution in [1.82, 2.24) is 0 Å². The van der Waals surface area contributed by atoms with E-state index < -0.39 is 5.60 Å². The maximum Gasteiger partial charge on any atom is 0.0666 e. The Morgan fingerprint density at radius 2 is 2.07 bits per heavy atom. The van der Waals surface area contributed by atoms with Crippen LogP contribution in [-0.4, -0.2) is 10.7 Å². The van der Waals surface area contributed by atoms with Crippen LogP contribution in [0.1, 0.15) is 49.8 Å². The summed E-state index contributed by atoms with van der Waals surface area (Å²) in [7, 11) is 0. The second kappa shape index (κ2) is 3.64. The first kappa shape index (κ1) is 10.7. The topological polar surface area (TPSA) is 20.2 Å². The van der Waals surface area contributed by atoms with Gasteiger partial charge in [-0.15, -0.1) is 0 Å². The maximum absolute atomic E-state index is 9.97. The third kappa shape index (κ3) is 2.23. The van der Waals surface area contributed by atoms with Crippen LogP contribution in [0, 0.1) is 6.42 Å². The summed E-state index contributed by atoms with van der Waals surface area (Å²) >= 11 is 0. The van der Waals surface area contributed by atoms with E-state index in [0.29, 0.717) is 5.92 Å². The third-order valence-corrected chi connectivity index (χ3v) is 3.17. The van der Waals surface area contributed by atoms with Crippen molar-refractivity contribution in [3.05, 3.63) is 41.3 Å². The van der Waals surface area contributed by atoms with Crippen LogP contribution in [0.4, 0.5) is 0 Å². The second-order valence-electron chi connectivity index (χ2n) is 5.19. The van der Waals surface area contributed by atoms with E-state index >= 15 is 0 Å². The van der Waals surface area contributed by atoms with Gasteiger partial charge in [0.05, 0.1) is 5.60 Å². The van der Waals surface area contributed by atoms with Crippen molar-refractivity contribution in [3.8, 4) is 0 Å². The highest BCUT2D eigenvalue weighted by Crippen LogP contribution is 2.31. The highest BCUT2D eigenvalue weighted by Gasteiger charge is 2.27. The lowest BCUT2D eigenvalue weighted by molar-refractivity contribution is 0.0565. The monoisotopic (exact) mass is 203 g/mol. The first-order valence-corrected chi connectivity index (χ1v) is 5.66. The highest BCUT2D eigenvalue weighted by molar-refractivity contribution is 5.41. The SMILES string of the molecule is CC(C)c1ccc2c(c1)[CH]CC(C)(O)C2. The molecular formula is C14H19O. The largest absolute Gasteiger partial charge is 0.390 e. The Morgan fingerprint density at radius 1 is 1.33 bits per heavy atom. The van der Waals surface area contributed by atoms with Crippen molar-refractivity contribution < 1.29 is 5.11 Å². The molecule has 0 aliphatic heterocycles. The molecule has 81 valence electrons. The van der Waals surface area contributed by atoms with Gasteiger partial charge >= 0.3 is 0 Å². The zero-order valence-electron chi connectivity index (χ0n) is 9.75. The van der Waals surface area contributed by atoms with Crippen LogP contribution in [0.3, 0.4) is 0 Å². The van der Waals surface area contributed by atoms with Crippen LogP contribution in [0.2, 0.25) is 0 Å². The maximum atomic E-state index is 9.97.